The van der Waals surface area contributed by atoms with E-state index in [1.807, 2.05) is 38.1 Å². The number of halogens is 1. The fraction of sp³-hybridized carbons (Fsp3) is 0.263. The molecule has 0 unspecified atom stereocenters. The third kappa shape index (κ3) is 5.06. The van der Waals surface area contributed by atoms with Crippen LogP contribution in [0.4, 0.5) is 0 Å². The van der Waals surface area contributed by atoms with E-state index in [2.05, 4.69) is 26.5 Å². The van der Waals surface area contributed by atoms with Crippen LogP contribution in [0.15, 0.2) is 39.9 Å². The third-order valence-electron chi connectivity index (χ3n) is 3.71. The molecule has 0 fully saturated rings. The molecule has 132 valence electrons. The molecule has 0 saturated carbocycles. The molecule has 0 aliphatic rings. The highest BCUT2D eigenvalue weighted by atomic mass is 79.9. The van der Waals surface area contributed by atoms with E-state index in [1.54, 1.807) is 26.5 Å². The summed E-state index contributed by atoms with van der Waals surface area (Å²) < 4.78 is 11.3. The Morgan fingerprint density at radius 3 is 2.64 bits per heavy atom. The molecule has 0 spiro atoms. The summed E-state index contributed by atoms with van der Waals surface area (Å²) in [6.07, 6.45) is 1.86. The van der Waals surface area contributed by atoms with E-state index in [0.29, 0.717) is 17.9 Å². The Labute approximate surface area is 156 Å². The number of nitrogens with one attached hydrogen (secondary N) is 1. The van der Waals surface area contributed by atoms with Gasteiger partial charge >= 0.3 is 0 Å². The van der Waals surface area contributed by atoms with E-state index in [0.717, 1.165) is 26.7 Å². The molecule has 2 aromatic carbocycles. The number of rotatable bonds is 6. The van der Waals surface area contributed by atoms with Gasteiger partial charge in [-0.2, -0.15) is 5.10 Å². The average Bonchev–Trinajstić information content (AvgIpc) is 2.57. The van der Waals surface area contributed by atoms with Crippen molar-refractivity contribution in [1.29, 1.82) is 0 Å². The Bertz CT molecular complexity index is 803. The first kappa shape index (κ1) is 19.0. The lowest BCUT2D eigenvalue weighted by atomic mass is 10.0. The van der Waals surface area contributed by atoms with Crippen molar-refractivity contribution in [3.8, 4) is 11.5 Å². The molecule has 0 aliphatic heterocycles. The predicted molar refractivity (Wildman–Crippen MR) is 103 cm³/mol. The van der Waals surface area contributed by atoms with Gasteiger partial charge in [-0.15, -0.1) is 0 Å². The highest BCUT2D eigenvalue weighted by molar-refractivity contribution is 9.10. The first-order chi connectivity index (χ1) is 11.9. The van der Waals surface area contributed by atoms with Gasteiger partial charge < -0.3 is 9.47 Å². The van der Waals surface area contributed by atoms with Gasteiger partial charge in [-0.3, -0.25) is 4.79 Å². The number of amides is 1. The summed E-state index contributed by atoms with van der Waals surface area (Å²) in [7, 11) is 3.14. The minimum atomic E-state index is -0.163. The summed E-state index contributed by atoms with van der Waals surface area (Å²) in [6, 6.07) is 9.68. The van der Waals surface area contributed by atoms with Crippen LogP contribution in [0.1, 0.15) is 22.3 Å². The minimum absolute atomic E-state index is 0.163. The zero-order chi connectivity index (χ0) is 18.4. The predicted octanol–water partition coefficient (Wildman–Crippen LogP) is 3.78. The molecule has 0 bridgehead atoms. The second kappa shape index (κ2) is 8.67. The van der Waals surface area contributed by atoms with Crippen molar-refractivity contribution in [3.05, 3.63) is 57.1 Å². The Hall–Kier alpha value is -2.34. The number of aryl methyl sites for hydroxylation is 2. The Kier molecular flexibility index (Phi) is 6.58. The zero-order valence-corrected chi connectivity index (χ0v) is 16.3. The quantitative estimate of drug-likeness (QED) is 0.588. The molecule has 0 aromatic heterocycles. The van der Waals surface area contributed by atoms with Crippen LogP contribution in [0.3, 0.4) is 0 Å². The fourth-order valence-electron chi connectivity index (χ4n) is 2.39. The number of benzene rings is 2. The van der Waals surface area contributed by atoms with E-state index >= 15 is 0 Å². The second-order valence-electron chi connectivity index (χ2n) is 5.64. The van der Waals surface area contributed by atoms with Crippen LogP contribution < -0.4 is 14.9 Å². The van der Waals surface area contributed by atoms with Crippen LogP contribution in [0.25, 0.3) is 0 Å². The number of nitrogens with zero attached hydrogens (tertiary/aromatic N) is 1. The van der Waals surface area contributed by atoms with Crippen LogP contribution in [0.2, 0.25) is 0 Å². The first-order valence-electron chi connectivity index (χ1n) is 7.74. The van der Waals surface area contributed by atoms with Crippen LogP contribution in [0.5, 0.6) is 11.5 Å². The third-order valence-corrected chi connectivity index (χ3v) is 4.30. The molecule has 2 rings (SSSR count). The van der Waals surface area contributed by atoms with E-state index in [4.69, 9.17) is 9.47 Å². The van der Waals surface area contributed by atoms with Gasteiger partial charge in [0.05, 0.1) is 31.3 Å². The van der Waals surface area contributed by atoms with Gasteiger partial charge in [0.1, 0.15) is 0 Å². The van der Waals surface area contributed by atoms with E-state index < -0.39 is 0 Å². The van der Waals surface area contributed by atoms with E-state index in [-0.39, 0.29) is 5.91 Å². The lowest BCUT2D eigenvalue weighted by Crippen LogP contribution is -2.20. The maximum atomic E-state index is 12.1. The Balaban J connectivity index is 2.04. The molecule has 25 heavy (non-hydrogen) atoms. The van der Waals surface area contributed by atoms with Crippen molar-refractivity contribution in [1.82, 2.24) is 5.43 Å². The van der Waals surface area contributed by atoms with Gasteiger partial charge in [0.25, 0.3) is 0 Å². The van der Waals surface area contributed by atoms with E-state index in [1.165, 1.54) is 0 Å². The summed E-state index contributed by atoms with van der Waals surface area (Å²) in [5, 5.41) is 4.02. The SMILES string of the molecule is COc1cc(/C=N/NC(=O)Cc2cc(C)ccc2C)cc(Br)c1OC. The molecular formula is C19H21BrN2O3. The number of hydrogen-bond acceptors (Lipinski definition) is 4. The Morgan fingerprint density at radius 1 is 1.20 bits per heavy atom. The van der Waals surface area contributed by atoms with Crippen LogP contribution in [-0.2, 0) is 11.2 Å². The van der Waals surface area contributed by atoms with Crippen LogP contribution in [-0.4, -0.2) is 26.3 Å². The van der Waals surface area contributed by atoms with Crippen molar-refractivity contribution >= 4 is 28.1 Å². The van der Waals surface area contributed by atoms with Crippen molar-refractivity contribution in [3.63, 3.8) is 0 Å². The Morgan fingerprint density at radius 2 is 1.96 bits per heavy atom. The van der Waals surface area contributed by atoms with Gasteiger partial charge in [0, 0.05) is 0 Å². The summed E-state index contributed by atoms with van der Waals surface area (Å²) in [4.78, 5) is 12.1. The summed E-state index contributed by atoms with van der Waals surface area (Å²) in [5.74, 6) is 1.03. The summed E-state index contributed by atoms with van der Waals surface area (Å²) in [6.45, 7) is 4.00. The molecule has 0 radical (unpaired) electrons. The molecule has 2 aromatic rings. The number of ether oxygens (including phenoxy) is 2. The van der Waals surface area contributed by atoms with Crippen molar-refractivity contribution in [2.45, 2.75) is 20.3 Å². The number of methoxy groups -OCH3 is 2. The average molecular weight is 405 g/mol. The normalized spacial score (nSPS) is 10.8. The minimum Gasteiger partial charge on any atom is -0.493 e. The highest BCUT2D eigenvalue weighted by Gasteiger charge is 2.10. The lowest BCUT2D eigenvalue weighted by molar-refractivity contribution is -0.120. The van der Waals surface area contributed by atoms with Crippen molar-refractivity contribution in [2.75, 3.05) is 14.2 Å². The number of carbonyl (C=O) groups is 1. The number of hydrogen-bond donors (Lipinski definition) is 1. The number of carbonyl (C=O) groups excluding carboxylic acids is 1. The van der Waals surface area contributed by atoms with Gasteiger partial charge in [0.2, 0.25) is 5.91 Å². The fourth-order valence-corrected chi connectivity index (χ4v) is 3.02. The summed E-state index contributed by atoms with van der Waals surface area (Å²) in [5.41, 5.74) is 6.55. The van der Waals surface area contributed by atoms with Crippen molar-refractivity contribution in [2.24, 2.45) is 5.10 Å². The topological polar surface area (TPSA) is 59.9 Å². The molecule has 0 saturated heterocycles. The zero-order valence-electron chi connectivity index (χ0n) is 14.7. The van der Waals surface area contributed by atoms with Crippen LogP contribution >= 0.6 is 15.9 Å². The number of hydrazone groups is 1. The summed E-state index contributed by atoms with van der Waals surface area (Å²) >= 11 is 3.42. The molecule has 6 heteroatoms. The van der Waals surface area contributed by atoms with Gasteiger partial charge in [-0.25, -0.2) is 5.43 Å². The highest BCUT2D eigenvalue weighted by Crippen LogP contribution is 2.35. The second-order valence-corrected chi connectivity index (χ2v) is 6.49. The standard InChI is InChI=1S/C19H21BrN2O3/c1-12-5-6-13(2)15(7-12)10-18(23)22-21-11-14-8-16(20)19(25-4)17(9-14)24-3/h5-9,11H,10H2,1-4H3,(H,22,23)/b21-11+. The van der Waals surface area contributed by atoms with Gasteiger partial charge in [-0.1, -0.05) is 23.8 Å². The smallest absolute Gasteiger partial charge is 0.244 e. The molecular weight excluding hydrogens is 384 g/mol. The molecule has 0 aliphatic carbocycles. The first-order valence-corrected chi connectivity index (χ1v) is 8.53. The maximum absolute atomic E-state index is 12.1. The van der Waals surface area contributed by atoms with Gasteiger partial charge in [0.15, 0.2) is 11.5 Å². The molecule has 0 atom stereocenters. The monoisotopic (exact) mass is 404 g/mol. The van der Waals surface area contributed by atoms with E-state index in [9.17, 15) is 4.79 Å². The molecule has 5 nitrogen and oxygen atoms in total. The van der Waals surface area contributed by atoms with Crippen LogP contribution in [0, 0.1) is 13.8 Å². The van der Waals surface area contributed by atoms with Gasteiger partial charge in [-0.05, 0) is 58.6 Å². The molecule has 0 heterocycles. The molecule has 1 amide bonds. The molecule has 1 N–H and O–H groups in total. The maximum Gasteiger partial charge on any atom is 0.244 e. The lowest BCUT2D eigenvalue weighted by Gasteiger charge is -2.10. The van der Waals surface area contributed by atoms with Crippen molar-refractivity contribution < 1.29 is 14.3 Å². The largest absolute Gasteiger partial charge is 0.493 e.